The van der Waals surface area contributed by atoms with Crippen LogP contribution in [0.2, 0.25) is 0 Å². The molecule has 0 aliphatic carbocycles. The van der Waals surface area contributed by atoms with Gasteiger partial charge in [-0.25, -0.2) is 0 Å². The summed E-state index contributed by atoms with van der Waals surface area (Å²) >= 11 is 3.36. The molecule has 0 heterocycles. The highest BCUT2D eigenvalue weighted by atomic mass is 79.9. The first-order valence-electron chi connectivity index (χ1n) is 4.18. The van der Waals surface area contributed by atoms with Gasteiger partial charge in [-0.15, -0.1) is 0 Å². The smallest absolute Gasteiger partial charge is 0.0772 e. The molecule has 3 heteroatoms. The van der Waals surface area contributed by atoms with Gasteiger partial charge in [0.15, 0.2) is 0 Å². The molecule has 72 valence electrons. The predicted molar refractivity (Wildman–Crippen MR) is 55.4 cm³/mol. The zero-order chi connectivity index (χ0) is 10.0. The van der Waals surface area contributed by atoms with Crippen molar-refractivity contribution >= 4 is 15.9 Å². The number of hydrogen-bond donors (Lipinski definition) is 2. The van der Waals surface area contributed by atoms with E-state index >= 15 is 0 Å². The molecule has 0 aromatic heterocycles. The molecule has 2 atom stereocenters. The van der Waals surface area contributed by atoms with Crippen molar-refractivity contribution < 1.29 is 10.2 Å². The molecule has 0 aliphatic heterocycles. The van der Waals surface area contributed by atoms with Crippen LogP contribution in [0.25, 0.3) is 0 Å². The first-order chi connectivity index (χ1) is 6.04. The topological polar surface area (TPSA) is 40.5 Å². The standard InChI is InChI=1S/C10H13BrO2/c1-6(12)8-4-3-5-9(7(2)13)10(8)11/h3-7,12-13H,1-2H3/t6-,7-/m0/s1. The lowest BCUT2D eigenvalue weighted by Gasteiger charge is -2.13. The van der Waals surface area contributed by atoms with Crippen molar-refractivity contribution in [1.29, 1.82) is 0 Å². The Morgan fingerprint density at radius 2 is 1.46 bits per heavy atom. The van der Waals surface area contributed by atoms with Crippen LogP contribution in [0.3, 0.4) is 0 Å². The van der Waals surface area contributed by atoms with Crippen molar-refractivity contribution in [2.75, 3.05) is 0 Å². The van der Waals surface area contributed by atoms with E-state index in [1.54, 1.807) is 13.8 Å². The molecule has 1 rings (SSSR count). The van der Waals surface area contributed by atoms with Crippen molar-refractivity contribution in [2.24, 2.45) is 0 Å². The lowest BCUT2D eigenvalue weighted by Crippen LogP contribution is -1.98. The molecule has 0 spiro atoms. The SMILES string of the molecule is C[C@H](O)c1cccc([C@H](C)O)c1Br. The summed E-state index contributed by atoms with van der Waals surface area (Å²) in [5, 5.41) is 18.8. The van der Waals surface area contributed by atoms with Crippen molar-refractivity contribution in [3.05, 3.63) is 33.8 Å². The van der Waals surface area contributed by atoms with E-state index in [9.17, 15) is 10.2 Å². The zero-order valence-electron chi connectivity index (χ0n) is 7.66. The minimum absolute atomic E-state index is 0.520. The molecule has 0 aliphatic rings. The van der Waals surface area contributed by atoms with E-state index in [0.717, 1.165) is 15.6 Å². The number of halogens is 1. The molecule has 0 saturated heterocycles. The number of benzene rings is 1. The van der Waals surface area contributed by atoms with Crippen molar-refractivity contribution in [1.82, 2.24) is 0 Å². The van der Waals surface area contributed by atoms with Crippen LogP contribution >= 0.6 is 15.9 Å². The van der Waals surface area contributed by atoms with Crippen molar-refractivity contribution in [3.63, 3.8) is 0 Å². The summed E-state index contributed by atoms with van der Waals surface area (Å²) in [6.45, 7) is 3.40. The van der Waals surface area contributed by atoms with E-state index in [2.05, 4.69) is 15.9 Å². The van der Waals surface area contributed by atoms with Gasteiger partial charge in [0.1, 0.15) is 0 Å². The Labute approximate surface area is 86.3 Å². The Kier molecular flexibility index (Phi) is 3.47. The summed E-state index contributed by atoms with van der Waals surface area (Å²) < 4.78 is 0.792. The monoisotopic (exact) mass is 244 g/mol. The van der Waals surface area contributed by atoms with E-state index in [-0.39, 0.29) is 0 Å². The molecule has 1 aromatic rings. The van der Waals surface area contributed by atoms with Gasteiger partial charge >= 0.3 is 0 Å². The number of aliphatic hydroxyl groups excluding tert-OH is 2. The van der Waals surface area contributed by atoms with Gasteiger partial charge in [-0.2, -0.15) is 0 Å². The Bertz CT molecular complexity index is 269. The predicted octanol–water partition coefficient (Wildman–Crippen LogP) is 2.56. The lowest BCUT2D eigenvalue weighted by atomic mass is 10.0. The molecular formula is C10H13BrO2. The maximum atomic E-state index is 9.40. The van der Waals surface area contributed by atoms with Gasteiger partial charge in [-0.3, -0.25) is 0 Å². The van der Waals surface area contributed by atoms with Crippen LogP contribution < -0.4 is 0 Å². The molecule has 13 heavy (non-hydrogen) atoms. The fourth-order valence-corrected chi connectivity index (χ4v) is 2.14. The van der Waals surface area contributed by atoms with Gasteiger partial charge < -0.3 is 10.2 Å². The van der Waals surface area contributed by atoms with Crippen molar-refractivity contribution in [2.45, 2.75) is 26.1 Å². The second kappa shape index (κ2) is 4.22. The minimum Gasteiger partial charge on any atom is -0.389 e. The second-order valence-electron chi connectivity index (χ2n) is 3.10. The summed E-state index contributed by atoms with van der Waals surface area (Å²) in [6.07, 6.45) is -1.04. The number of aliphatic hydroxyl groups is 2. The van der Waals surface area contributed by atoms with Gasteiger partial charge in [0.25, 0.3) is 0 Å². The van der Waals surface area contributed by atoms with E-state index in [1.807, 2.05) is 18.2 Å². The molecule has 0 radical (unpaired) electrons. The molecule has 1 aromatic carbocycles. The molecular weight excluding hydrogens is 232 g/mol. The van der Waals surface area contributed by atoms with Gasteiger partial charge in [-0.05, 0) is 25.0 Å². The fourth-order valence-electron chi connectivity index (χ4n) is 1.21. The number of hydrogen-bond acceptors (Lipinski definition) is 2. The third-order valence-electron chi connectivity index (χ3n) is 1.96. The molecule has 0 fully saturated rings. The van der Waals surface area contributed by atoms with E-state index < -0.39 is 12.2 Å². The van der Waals surface area contributed by atoms with Crippen LogP contribution in [-0.2, 0) is 0 Å². The molecule has 2 nitrogen and oxygen atoms in total. The Morgan fingerprint density at radius 1 is 1.08 bits per heavy atom. The molecule has 0 bridgehead atoms. The summed E-state index contributed by atoms with van der Waals surface area (Å²) in [6, 6.07) is 5.50. The van der Waals surface area contributed by atoms with Crippen LogP contribution in [0.1, 0.15) is 37.2 Å². The van der Waals surface area contributed by atoms with E-state index in [0.29, 0.717) is 0 Å². The van der Waals surface area contributed by atoms with Gasteiger partial charge in [0.05, 0.1) is 12.2 Å². The third kappa shape index (κ3) is 2.30. The molecule has 0 saturated carbocycles. The highest BCUT2D eigenvalue weighted by Gasteiger charge is 2.12. The maximum Gasteiger partial charge on any atom is 0.0772 e. The fraction of sp³-hybridized carbons (Fsp3) is 0.400. The summed E-state index contributed by atoms with van der Waals surface area (Å²) in [4.78, 5) is 0. The normalized spacial score (nSPS) is 15.5. The van der Waals surface area contributed by atoms with Crippen LogP contribution in [0.5, 0.6) is 0 Å². The quantitative estimate of drug-likeness (QED) is 0.840. The highest BCUT2D eigenvalue weighted by molar-refractivity contribution is 9.10. The van der Waals surface area contributed by atoms with E-state index in [4.69, 9.17) is 0 Å². The molecule has 0 amide bonds. The number of rotatable bonds is 2. The van der Waals surface area contributed by atoms with Crippen LogP contribution in [-0.4, -0.2) is 10.2 Å². The van der Waals surface area contributed by atoms with E-state index in [1.165, 1.54) is 0 Å². The van der Waals surface area contributed by atoms with Crippen LogP contribution in [0, 0.1) is 0 Å². The summed E-state index contributed by atoms with van der Waals surface area (Å²) in [5.41, 5.74) is 1.61. The first-order valence-corrected chi connectivity index (χ1v) is 4.97. The van der Waals surface area contributed by atoms with Gasteiger partial charge in [0, 0.05) is 4.47 Å². The highest BCUT2D eigenvalue weighted by Crippen LogP contribution is 2.30. The van der Waals surface area contributed by atoms with Crippen LogP contribution in [0.15, 0.2) is 22.7 Å². The zero-order valence-corrected chi connectivity index (χ0v) is 9.25. The van der Waals surface area contributed by atoms with Gasteiger partial charge in [-0.1, -0.05) is 34.1 Å². The summed E-state index contributed by atoms with van der Waals surface area (Å²) in [7, 11) is 0. The van der Waals surface area contributed by atoms with Crippen LogP contribution in [0.4, 0.5) is 0 Å². The summed E-state index contributed by atoms with van der Waals surface area (Å²) in [5.74, 6) is 0. The molecule has 2 N–H and O–H groups in total. The average Bonchev–Trinajstić information content (AvgIpc) is 2.03. The second-order valence-corrected chi connectivity index (χ2v) is 3.90. The largest absolute Gasteiger partial charge is 0.389 e. The minimum atomic E-state index is -0.520. The average molecular weight is 245 g/mol. The lowest BCUT2D eigenvalue weighted by molar-refractivity contribution is 0.191. The Morgan fingerprint density at radius 3 is 1.77 bits per heavy atom. The maximum absolute atomic E-state index is 9.40. The molecule has 0 unspecified atom stereocenters. The third-order valence-corrected chi connectivity index (χ3v) is 2.87. The first kappa shape index (κ1) is 10.7. The van der Waals surface area contributed by atoms with Gasteiger partial charge in [0.2, 0.25) is 0 Å². The Hall–Kier alpha value is -0.380. The Balaban J connectivity index is 3.18. The van der Waals surface area contributed by atoms with Crippen molar-refractivity contribution in [3.8, 4) is 0 Å².